The van der Waals surface area contributed by atoms with E-state index in [-0.39, 0.29) is 17.6 Å². The molecule has 1 N–H and O–H groups in total. The summed E-state index contributed by atoms with van der Waals surface area (Å²) in [6.07, 6.45) is -0.650. The van der Waals surface area contributed by atoms with Crippen molar-refractivity contribution < 1.29 is 19.1 Å². The number of carbonyl (C=O) groups excluding carboxylic acids is 2. The van der Waals surface area contributed by atoms with Gasteiger partial charge >= 0.3 is 12.1 Å². The van der Waals surface area contributed by atoms with Gasteiger partial charge in [-0.15, -0.1) is 0 Å². The van der Waals surface area contributed by atoms with Crippen LogP contribution < -0.4 is 5.32 Å². The number of aromatic nitrogens is 1. The Bertz CT molecular complexity index is 471. The summed E-state index contributed by atoms with van der Waals surface area (Å²) in [6.45, 7) is 5.23. The van der Waals surface area contributed by atoms with Crippen LogP contribution in [0.15, 0.2) is 18.2 Å². The van der Waals surface area contributed by atoms with E-state index in [1.54, 1.807) is 26.8 Å². The number of carbonyl (C=O) groups is 2. The largest absolute Gasteiger partial charge is 0.445 e. The highest BCUT2D eigenvalue weighted by molar-refractivity contribution is 6.17. The van der Waals surface area contributed by atoms with Gasteiger partial charge in [0.2, 0.25) is 0 Å². The number of amides is 1. The number of halogens is 1. The van der Waals surface area contributed by atoms with Crippen molar-refractivity contribution in [1.82, 2.24) is 4.98 Å². The summed E-state index contributed by atoms with van der Waals surface area (Å²) >= 11 is 5.28. The summed E-state index contributed by atoms with van der Waals surface area (Å²) in [5, 5.41) is 2.42. The number of anilines is 1. The highest BCUT2D eigenvalue weighted by Crippen LogP contribution is 2.11. The molecular weight excluding hydrogens is 272 g/mol. The van der Waals surface area contributed by atoms with Crippen LogP contribution in [-0.4, -0.2) is 28.7 Å². The van der Waals surface area contributed by atoms with Crippen LogP contribution in [0.2, 0.25) is 0 Å². The SMILES string of the molecule is CC(C)(C)OC(=O)Nc1cccc(C(=O)OCCl)n1. The molecule has 0 unspecified atom stereocenters. The molecule has 0 bridgehead atoms. The van der Waals surface area contributed by atoms with Gasteiger partial charge in [0, 0.05) is 0 Å². The average molecular weight is 287 g/mol. The summed E-state index contributed by atoms with van der Waals surface area (Å²) in [6, 6.07) is 4.28. The molecule has 0 spiro atoms. The van der Waals surface area contributed by atoms with Crippen LogP contribution in [0.5, 0.6) is 0 Å². The number of hydrogen-bond acceptors (Lipinski definition) is 5. The summed E-state index contributed by atoms with van der Waals surface area (Å²) in [7, 11) is 0. The summed E-state index contributed by atoms with van der Waals surface area (Å²) in [5.41, 5.74) is -0.562. The number of hydrogen-bond donors (Lipinski definition) is 1. The number of nitrogens with one attached hydrogen (secondary N) is 1. The zero-order chi connectivity index (χ0) is 14.5. The lowest BCUT2D eigenvalue weighted by Gasteiger charge is -2.19. The fourth-order valence-electron chi connectivity index (χ4n) is 1.15. The van der Waals surface area contributed by atoms with Crippen molar-refractivity contribution in [3.63, 3.8) is 0 Å². The third-order valence-electron chi connectivity index (χ3n) is 1.77. The van der Waals surface area contributed by atoms with Crippen LogP contribution in [0.4, 0.5) is 10.6 Å². The Hall–Kier alpha value is -1.82. The minimum atomic E-state index is -0.664. The topological polar surface area (TPSA) is 77.5 Å². The molecule has 1 rings (SSSR count). The second-order valence-corrected chi connectivity index (χ2v) is 4.79. The van der Waals surface area contributed by atoms with Crippen LogP contribution in [0.25, 0.3) is 0 Å². The molecular formula is C12H15ClN2O4. The van der Waals surface area contributed by atoms with Crippen molar-refractivity contribution in [2.24, 2.45) is 0 Å². The second kappa shape index (κ2) is 6.38. The Labute approximate surface area is 116 Å². The van der Waals surface area contributed by atoms with Gasteiger partial charge in [-0.25, -0.2) is 14.6 Å². The number of esters is 1. The first-order valence-electron chi connectivity index (χ1n) is 5.52. The van der Waals surface area contributed by atoms with Gasteiger partial charge < -0.3 is 9.47 Å². The monoisotopic (exact) mass is 286 g/mol. The third kappa shape index (κ3) is 5.56. The zero-order valence-corrected chi connectivity index (χ0v) is 11.7. The third-order valence-corrected chi connectivity index (χ3v) is 1.88. The maximum Gasteiger partial charge on any atom is 0.413 e. The second-order valence-electron chi connectivity index (χ2n) is 4.58. The van der Waals surface area contributed by atoms with Gasteiger partial charge in [0.25, 0.3) is 0 Å². The normalized spacial score (nSPS) is 10.7. The molecule has 19 heavy (non-hydrogen) atoms. The van der Waals surface area contributed by atoms with Crippen LogP contribution >= 0.6 is 11.6 Å². The van der Waals surface area contributed by atoms with Gasteiger partial charge in [-0.2, -0.15) is 0 Å². The van der Waals surface area contributed by atoms with E-state index in [9.17, 15) is 9.59 Å². The van der Waals surface area contributed by atoms with Crippen molar-refractivity contribution in [2.45, 2.75) is 26.4 Å². The van der Waals surface area contributed by atoms with Crippen LogP contribution in [0.1, 0.15) is 31.3 Å². The quantitative estimate of drug-likeness (QED) is 0.683. The first kappa shape index (κ1) is 15.2. The number of rotatable bonds is 3. The molecule has 0 aliphatic carbocycles. The summed E-state index contributed by atoms with van der Waals surface area (Å²) in [4.78, 5) is 26.8. The number of ether oxygens (including phenoxy) is 2. The molecule has 0 atom stereocenters. The van der Waals surface area contributed by atoms with E-state index < -0.39 is 17.7 Å². The number of pyridine rings is 1. The Morgan fingerprint density at radius 1 is 1.37 bits per heavy atom. The molecule has 0 saturated carbocycles. The first-order valence-corrected chi connectivity index (χ1v) is 6.05. The molecule has 7 heteroatoms. The molecule has 104 valence electrons. The van der Waals surface area contributed by atoms with Crippen LogP contribution in [0, 0.1) is 0 Å². The molecule has 6 nitrogen and oxygen atoms in total. The van der Waals surface area contributed by atoms with Crippen molar-refractivity contribution in [3.8, 4) is 0 Å². The van der Waals surface area contributed by atoms with Crippen molar-refractivity contribution >= 4 is 29.5 Å². The zero-order valence-electron chi connectivity index (χ0n) is 10.9. The minimum absolute atomic E-state index is 0.0502. The fourth-order valence-corrected chi connectivity index (χ4v) is 1.25. The Morgan fingerprint density at radius 2 is 2.05 bits per heavy atom. The van der Waals surface area contributed by atoms with Gasteiger partial charge in [-0.1, -0.05) is 17.7 Å². The molecule has 0 aromatic carbocycles. The molecule has 0 saturated heterocycles. The van der Waals surface area contributed by atoms with E-state index in [1.165, 1.54) is 12.1 Å². The van der Waals surface area contributed by atoms with E-state index in [2.05, 4.69) is 15.0 Å². The highest BCUT2D eigenvalue weighted by Gasteiger charge is 2.17. The van der Waals surface area contributed by atoms with E-state index in [1.807, 2.05) is 0 Å². The maximum absolute atomic E-state index is 11.5. The van der Waals surface area contributed by atoms with Crippen molar-refractivity contribution in [2.75, 3.05) is 11.4 Å². The molecule has 0 aliphatic rings. The molecule has 0 fully saturated rings. The van der Waals surface area contributed by atoms with E-state index in [0.29, 0.717) is 0 Å². The minimum Gasteiger partial charge on any atom is -0.445 e. The molecule has 1 aromatic heterocycles. The lowest BCUT2D eigenvalue weighted by atomic mass is 10.2. The van der Waals surface area contributed by atoms with E-state index in [0.717, 1.165) is 0 Å². The molecule has 0 aliphatic heterocycles. The number of nitrogens with zero attached hydrogens (tertiary/aromatic N) is 1. The van der Waals surface area contributed by atoms with Gasteiger partial charge in [-0.3, -0.25) is 5.32 Å². The van der Waals surface area contributed by atoms with E-state index in [4.69, 9.17) is 16.3 Å². The molecule has 0 radical (unpaired) electrons. The average Bonchev–Trinajstić information content (AvgIpc) is 2.27. The smallest absolute Gasteiger partial charge is 0.413 e. The van der Waals surface area contributed by atoms with Crippen molar-refractivity contribution in [3.05, 3.63) is 23.9 Å². The summed E-state index contributed by atoms with van der Waals surface area (Å²) in [5.74, 6) is -0.471. The van der Waals surface area contributed by atoms with Gasteiger partial charge in [0.15, 0.2) is 11.8 Å². The molecule has 1 aromatic rings. The predicted molar refractivity (Wildman–Crippen MR) is 70.2 cm³/mol. The molecule has 1 amide bonds. The summed E-state index contributed by atoms with van der Waals surface area (Å²) < 4.78 is 9.65. The van der Waals surface area contributed by atoms with Crippen LogP contribution in [0.3, 0.4) is 0 Å². The maximum atomic E-state index is 11.5. The lowest BCUT2D eigenvalue weighted by molar-refractivity contribution is 0.0564. The molecule has 1 heterocycles. The number of alkyl halides is 1. The van der Waals surface area contributed by atoms with Gasteiger partial charge in [-0.05, 0) is 32.9 Å². The Balaban J connectivity index is 2.72. The first-order chi connectivity index (χ1) is 8.81. The fraction of sp³-hybridized carbons (Fsp3) is 0.417. The lowest BCUT2D eigenvalue weighted by Crippen LogP contribution is -2.27. The highest BCUT2D eigenvalue weighted by atomic mass is 35.5. The van der Waals surface area contributed by atoms with Gasteiger partial charge in [0.1, 0.15) is 11.4 Å². The van der Waals surface area contributed by atoms with Gasteiger partial charge in [0.05, 0.1) is 0 Å². The van der Waals surface area contributed by atoms with Crippen molar-refractivity contribution in [1.29, 1.82) is 0 Å². The standard InChI is InChI=1S/C12H15ClN2O4/c1-12(2,3)19-11(17)15-9-6-4-5-8(14-9)10(16)18-7-13/h4-6H,7H2,1-3H3,(H,14,15,17). The Morgan fingerprint density at radius 3 is 2.63 bits per heavy atom. The van der Waals surface area contributed by atoms with E-state index >= 15 is 0 Å². The predicted octanol–water partition coefficient (Wildman–Crippen LogP) is 2.78. The van der Waals surface area contributed by atoms with Crippen LogP contribution in [-0.2, 0) is 9.47 Å². The Kier molecular flexibility index (Phi) is 5.11.